The van der Waals surface area contributed by atoms with Crippen molar-refractivity contribution in [1.29, 1.82) is 0 Å². The molecule has 0 spiro atoms. The summed E-state index contributed by atoms with van der Waals surface area (Å²) >= 11 is 0. The van der Waals surface area contributed by atoms with Gasteiger partial charge in [-0.15, -0.1) is 0 Å². The lowest BCUT2D eigenvalue weighted by molar-refractivity contribution is 0.0992. The fourth-order valence-corrected chi connectivity index (χ4v) is 1.25. The highest BCUT2D eigenvalue weighted by Crippen LogP contribution is 2.11. The number of aliphatic hydroxyl groups excluding tert-OH is 1. The number of anilines is 3. The van der Waals surface area contributed by atoms with Gasteiger partial charge in [0.15, 0.2) is 0 Å². The van der Waals surface area contributed by atoms with Crippen LogP contribution in [0.3, 0.4) is 0 Å². The number of nitrogens with one attached hydrogen (secondary N) is 2. The molecule has 5 N–H and O–H groups in total. The smallest absolute Gasteiger partial charge is 0.223 e. The zero-order valence-corrected chi connectivity index (χ0v) is 9.94. The topological polar surface area (TPSA) is 105 Å². The molecule has 1 aromatic rings. The van der Waals surface area contributed by atoms with Gasteiger partial charge in [-0.3, -0.25) is 0 Å². The van der Waals surface area contributed by atoms with Crippen LogP contribution in [0.4, 0.5) is 17.6 Å². The summed E-state index contributed by atoms with van der Waals surface area (Å²) in [5.74, 6) is 1.57. The minimum atomic E-state index is 0.0328. The fraction of sp³-hybridized carbons (Fsp3) is 0.600. The number of rotatable bonds is 8. The first-order chi connectivity index (χ1) is 8.26. The summed E-state index contributed by atoms with van der Waals surface area (Å²) in [5, 5.41) is 14.7. The van der Waals surface area contributed by atoms with Crippen LogP contribution in [-0.4, -0.2) is 48.0 Å². The van der Waals surface area contributed by atoms with Crippen molar-refractivity contribution in [3.8, 4) is 0 Å². The Kier molecular flexibility index (Phi) is 6.05. The van der Waals surface area contributed by atoms with Crippen LogP contribution in [0.2, 0.25) is 0 Å². The van der Waals surface area contributed by atoms with Gasteiger partial charge in [0.05, 0.1) is 19.8 Å². The molecule has 0 atom stereocenters. The number of nitrogens with two attached hydrogens (primary N) is 1. The zero-order valence-electron chi connectivity index (χ0n) is 9.94. The van der Waals surface area contributed by atoms with Gasteiger partial charge >= 0.3 is 0 Å². The second-order valence-corrected chi connectivity index (χ2v) is 3.29. The van der Waals surface area contributed by atoms with Crippen LogP contribution in [-0.2, 0) is 4.74 Å². The minimum absolute atomic E-state index is 0.0328. The van der Waals surface area contributed by atoms with E-state index in [1.54, 1.807) is 6.07 Å². The summed E-state index contributed by atoms with van der Waals surface area (Å²) < 4.78 is 5.11. The van der Waals surface area contributed by atoms with Gasteiger partial charge in [0.2, 0.25) is 5.95 Å². The first-order valence-electron chi connectivity index (χ1n) is 5.57. The first-order valence-corrected chi connectivity index (χ1v) is 5.57. The Hall–Kier alpha value is -1.60. The first kappa shape index (κ1) is 13.5. The van der Waals surface area contributed by atoms with E-state index in [2.05, 4.69) is 20.6 Å². The summed E-state index contributed by atoms with van der Waals surface area (Å²) in [6, 6.07) is 1.78. The second-order valence-electron chi connectivity index (χ2n) is 3.29. The van der Waals surface area contributed by atoms with Crippen LogP contribution in [0.5, 0.6) is 0 Å². The largest absolute Gasteiger partial charge is 0.394 e. The van der Waals surface area contributed by atoms with E-state index in [1.807, 2.05) is 6.92 Å². The average Bonchev–Trinajstić information content (AvgIpc) is 2.28. The van der Waals surface area contributed by atoms with Crippen molar-refractivity contribution in [2.45, 2.75) is 6.92 Å². The summed E-state index contributed by atoms with van der Waals surface area (Å²) in [6.45, 7) is 4.23. The molecule has 0 aliphatic heterocycles. The maximum Gasteiger partial charge on any atom is 0.223 e. The predicted octanol–water partition coefficient (Wildman–Crippen LogP) is -0.0886. The van der Waals surface area contributed by atoms with Gasteiger partial charge in [-0.1, -0.05) is 0 Å². The molecule has 0 amide bonds. The molecule has 0 radical (unpaired) electrons. The van der Waals surface area contributed by atoms with E-state index in [0.717, 1.165) is 6.54 Å². The SMILES string of the molecule is CCNc1cc(NCCOCCO)nc(N)n1. The van der Waals surface area contributed by atoms with Gasteiger partial charge in [-0.25, -0.2) is 0 Å². The summed E-state index contributed by atoms with van der Waals surface area (Å²) in [4.78, 5) is 8.08. The van der Waals surface area contributed by atoms with Crippen LogP contribution in [0, 0.1) is 0 Å². The lowest BCUT2D eigenvalue weighted by atomic mass is 10.5. The van der Waals surface area contributed by atoms with E-state index >= 15 is 0 Å². The van der Waals surface area contributed by atoms with Crippen molar-refractivity contribution in [2.24, 2.45) is 0 Å². The third kappa shape index (κ3) is 5.32. The molecule has 0 unspecified atom stereocenters. The molecule has 0 aliphatic rings. The predicted molar refractivity (Wildman–Crippen MR) is 67.0 cm³/mol. The van der Waals surface area contributed by atoms with Crippen LogP contribution in [0.15, 0.2) is 6.07 Å². The van der Waals surface area contributed by atoms with Gasteiger partial charge < -0.3 is 26.2 Å². The standard InChI is InChI=1S/C10H19N5O2/c1-2-12-8-7-9(15-10(11)14-8)13-3-5-17-6-4-16/h7,16H,2-6H2,1H3,(H4,11,12,13,14,15). The van der Waals surface area contributed by atoms with Crippen LogP contribution < -0.4 is 16.4 Å². The molecule has 0 aromatic carbocycles. The summed E-state index contributed by atoms with van der Waals surface area (Å²) in [5.41, 5.74) is 5.58. The van der Waals surface area contributed by atoms with Gasteiger partial charge in [0.25, 0.3) is 0 Å². The Bertz CT molecular complexity index is 334. The lowest BCUT2D eigenvalue weighted by Gasteiger charge is -2.09. The summed E-state index contributed by atoms with van der Waals surface area (Å²) in [7, 11) is 0. The number of nitrogen functional groups attached to an aromatic ring is 1. The number of aromatic nitrogens is 2. The van der Waals surface area contributed by atoms with E-state index in [4.69, 9.17) is 15.6 Å². The van der Waals surface area contributed by atoms with E-state index in [1.165, 1.54) is 0 Å². The van der Waals surface area contributed by atoms with Crippen molar-refractivity contribution >= 4 is 17.6 Å². The van der Waals surface area contributed by atoms with E-state index < -0.39 is 0 Å². The van der Waals surface area contributed by atoms with Gasteiger partial charge in [-0.2, -0.15) is 9.97 Å². The third-order valence-electron chi connectivity index (χ3n) is 1.89. The second kappa shape index (κ2) is 7.64. The molecule has 17 heavy (non-hydrogen) atoms. The van der Waals surface area contributed by atoms with Crippen molar-refractivity contribution < 1.29 is 9.84 Å². The molecule has 0 fully saturated rings. The van der Waals surface area contributed by atoms with Crippen LogP contribution in [0.1, 0.15) is 6.92 Å². The number of hydrogen-bond donors (Lipinski definition) is 4. The number of ether oxygens (including phenoxy) is 1. The lowest BCUT2D eigenvalue weighted by Crippen LogP contribution is -2.13. The van der Waals surface area contributed by atoms with Crippen molar-refractivity contribution in [1.82, 2.24) is 9.97 Å². The Balaban J connectivity index is 2.41. The Labute approximate surface area is 100 Å². The maximum atomic E-state index is 8.52. The van der Waals surface area contributed by atoms with Gasteiger partial charge in [-0.05, 0) is 6.92 Å². The highest BCUT2D eigenvalue weighted by atomic mass is 16.5. The molecular weight excluding hydrogens is 222 g/mol. The normalized spacial score (nSPS) is 10.2. The van der Waals surface area contributed by atoms with Crippen LogP contribution >= 0.6 is 0 Å². The van der Waals surface area contributed by atoms with Gasteiger partial charge in [0, 0.05) is 19.2 Å². The Morgan fingerprint density at radius 1 is 1.29 bits per heavy atom. The maximum absolute atomic E-state index is 8.52. The van der Waals surface area contributed by atoms with Gasteiger partial charge in [0.1, 0.15) is 11.6 Å². The Morgan fingerprint density at radius 2 is 2.00 bits per heavy atom. The third-order valence-corrected chi connectivity index (χ3v) is 1.89. The van der Waals surface area contributed by atoms with Crippen molar-refractivity contribution in [2.75, 3.05) is 49.3 Å². The van der Waals surface area contributed by atoms with E-state index in [-0.39, 0.29) is 12.6 Å². The molecule has 1 aromatic heterocycles. The van der Waals surface area contributed by atoms with Crippen molar-refractivity contribution in [3.63, 3.8) is 0 Å². The molecule has 0 saturated heterocycles. The molecule has 96 valence electrons. The minimum Gasteiger partial charge on any atom is -0.394 e. The number of nitrogens with zero attached hydrogens (tertiary/aromatic N) is 2. The molecule has 1 rings (SSSR count). The molecule has 0 aliphatic carbocycles. The highest BCUT2D eigenvalue weighted by Gasteiger charge is 2.00. The molecular formula is C10H19N5O2. The zero-order chi connectivity index (χ0) is 12.5. The molecule has 0 saturated carbocycles. The highest BCUT2D eigenvalue weighted by molar-refractivity contribution is 5.50. The monoisotopic (exact) mass is 241 g/mol. The molecule has 0 bridgehead atoms. The van der Waals surface area contributed by atoms with E-state index in [0.29, 0.717) is 31.4 Å². The van der Waals surface area contributed by atoms with Crippen molar-refractivity contribution in [3.05, 3.63) is 6.07 Å². The fourth-order valence-electron chi connectivity index (χ4n) is 1.25. The summed E-state index contributed by atoms with van der Waals surface area (Å²) in [6.07, 6.45) is 0. The molecule has 7 nitrogen and oxygen atoms in total. The molecule has 7 heteroatoms. The Morgan fingerprint density at radius 3 is 2.65 bits per heavy atom. The number of hydrogen-bond acceptors (Lipinski definition) is 7. The quantitative estimate of drug-likeness (QED) is 0.471. The average molecular weight is 241 g/mol. The van der Waals surface area contributed by atoms with Crippen LogP contribution in [0.25, 0.3) is 0 Å². The molecule has 1 heterocycles. The van der Waals surface area contributed by atoms with E-state index in [9.17, 15) is 0 Å². The number of aliphatic hydroxyl groups is 1.